The van der Waals surface area contributed by atoms with Gasteiger partial charge in [0.2, 0.25) is 5.95 Å². The van der Waals surface area contributed by atoms with Gasteiger partial charge in [0, 0.05) is 6.04 Å². The fraction of sp³-hybridized carbons (Fsp3) is 0.571. The Balaban J connectivity index is 2.49. The van der Waals surface area contributed by atoms with Crippen molar-refractivity contribution in [1.82, 2.24) is 19.5 Å². The number of carboxylic acids is 1. The molecule has 22 heavy (non-hydrogen) atoms. The standard InChI is InChI=1S/C14H22N6O2/c1-5-8(4)9(13(21)22)17-11-10-12(19-14(15)18-11)20(6-16-10)7(2)3/h6-9H,5H2,1-4H3,(H,21,22)(H3,15,17,18,19). The fourth-order valence-electron chi connectivity index (χ4n) is 2.24. The van der Waals surface area contributed by atoms with Crippen LogP contribution in [0.5, 0.6) is 0 Å². The van der Waals surface area contributed by atoms with E-state index < -0.39 is 12.0 Å². The third-order valence-electron chi connectivity index (χ3n) is 3.77. The van der Waals surface area contributed by atoms with E-state index in [1.54, 1.807) is 6.33 Å². The highest BCUT2D eigenvalue weighted by atomic mass is 16.4. The molecule has 0 fully saturated rings. The molecule has 4 N–H and O–H groups in total. The van der Waals surface area contributed by atoms with E-state index in [0.29, 0.717) is 17.0 Å². The van der Waals surface area contributed by atoms with Crippen molar-refractivity contribution in [2.24, 2.45) is 5.92 Å². The van der Waals surface area contributed by atoms with Crippen LogP contribution in [0, 0.1) is 5.92 Å². The summed E-state index contributed by atoms with van der Waals surface area (Å²) in [7, 11) is 0. The van der Waals surface area contributed by atoms with Crippen molar-refractivity contribution in [3.05, 3.63) is 6.33 Å². The fourth-order valence-corrected chi connectivity index (χ4v) is 2.24. The first-order valence-corrected chi connectivity index (χ1v) is 7.34. The second-order valence-corrected chi connectivity index (χ2v) is 5.69. The van der Waals surface area contributed by atoms with Crippen molar-refractivity contribution in [2.75, 3.05) is 11.1 Å². The van der Waals surface area contributed by atoms with Crippen LogP contribution in [-0.4, -0.2) is 36.6 Å². The smallest absolute Gasteiger partial charge is 0.326 e. The number of nitrogen functional groups attached to an aromatic ring is 1. The van der Waals surface area contributed by atoms with E-state index in [-0.39, 0.29) is 17.9 Å². The molecule has 0 aliphatic rings. The first-order chi connectivity index (χ1) is 10.3. The molecule has 8 heteroatoms. The quantitative estimate of drug-likeness (QED) is 0.745. The van der Waals surface area contributed by atoms with E-state index in [4.69, 9.17) is 5.73 Å². The average molecular weight is 306 g/mol. The van der Waals surface area contributed by atoms with Crippen LogP contribution >= 0.6 is 0 Å². The first-order valence-electron chi connectivity index (χ1n) is 7.34. The van der Waals surface area contributed by atoms with Crippen molar-refractivity contribution in [3.8, 4) is 0 Å². The number of aliphatic carboxylic acids is 1. The molecule has 2 atom stereocenters. The van der Waals surface area contributed by atoms with Crippen LogP contribution in [0.2, 0.25) is 0 Å². The summed E-state index contributed by atoms with van der Waals surface area (Å²) in [6.07, 6.45) is 2.39. The summed E-state index contributed by atoms with van der Waals surface area (Å²) < 4.78 is 1.87. The molecule has 0 bridgehead atoms. The molecule has 0 amide bonds. The number of fused-ring (bicyclic) bond motifs is 1. The number of rotatable bonds is 6. The lowest BCUT2D eigenvalue weighted by molar-refractivity contribution is -0.139. The Hall–Kier alpha value is -2.38. The summed E-state index contributed by atoms with van der Waals surface area (Å²) in [5.74, 6) is -0.542. The minimum atomic E-state index is -0.928. The molecule has 0 aliphatic carbocycles. The zero-order chi connectivity index (χ0) is 16.4. The summed E-state index contributed by atoms with van der Waals surface area (Å²) in [6, 6.07) is -0.594. The Kier molecular flexibility index (Phi) is 4.48. The Morgan fingerprint density at radius 1 is 1.41 bits per heavy atom. The van der Waals surface area contributed by atoms with Gasteiger partial charge in [-0.15, -0.1) is 0 Å². The number of hydrogen-bond donors (Lipinski definition) is 3. The third-order valence-corrected chi connectivity index (χ3v) is 3.77. The largest absolute Gasteiger partial charge is 0.480 e. The molecule has 120 valence electrons. The van der Waals surface area contributed by atoms with Crippen molar-refractivity contribution in [3.63, 3.8) is 0 Å². The molecule has 0 radical (unpaired) electrons. The van der Waals surface area contributed by atoms with E-state index in [1.165, 1.54) is 0 Å². The first kappa shape index (κ1) is 16.0. The van der Waals surface area contributed by atoms with Crippen LogP contribution in [0.1, 0.15) is 40.2 Å². The summed E-state index contributed by atoms with van der Waals surface area (Å²) in [5, 5.41) is 12.4. The Morgan fingerprint density at radius 2 is 2.09 bits per heavy atom. The maximum absolute atomic E-state index is 11.5. The van der Waals surface area contributed by atoms with Crippen molar-refractivity contribution < 1.29 is 9.90 Å². The topological polar surface area (TPSA) is 119 Å². The predicted octanol–water partition coefficient (Wildman–Crippen LogP) is 1.90. The van der Waals surface area contributed by atoms with Gasteiger partial charge < -0.3 is 20.7 Å². The van der Waals surface area contributed by atoms with Gasteiger partial charge in [-0.3, -0.25) is 0 Å². The lowest BCUT2D eigenvalue weighted by atomic mass is 9.99. The minimum Gasteiger partial charge on any atom is -0.480 e. The molecule has 0 saturated heterocycles. The number of nitrogens with zero attached hydrogens (tertiary/aromatic N) is 4. The second kappa shape index (κ2) is 6.17. The van der Waals surface area contributed by atoms with Gasteiger partial charge in [0.1, 0.15) is 6.04 Å². The summed E-state index contributed by atoms with van der Waals surface area (Å²) in [4.78, 5) is 24.1. The van der Waals surface area contributed by atoms with Crippen LogP contribution in [0.25, 0.3) is 11.2 Å². The SMILES string of the molecule is CCC(C)C(Nc1nc(N)nc2c1ncn2C(C)C)C(=O)O. The van der Waals surface area contributed by atoms with E-state index in [9.17, 15) is 9.90 Å². The maximum atomic E-state index is 11.5. The van der Waals surface area contributed by atoms with Gasteiger partial charge in [0.25, 0.3) is 0 Å². The van der Waals surface area contributed by atoms with Gasteiger partial charge in [-0.2, -0.15) is 9.97 Å². The monoisotopic (exact) mass is 306 g/mol. The van der Waals surface area contributed by atoms with Crippen molar-refractivity contribution >= 4 is 28.9 Å². The number of nitrogens with two attached hydrogens (primary N) is 1. The van der Waals surface area contributed by atoms with Crippen molar-refractivity contribution in [1.29, 1.82) is 0 Å². The Labute approximate surface area is 128 Å². The van der Waals surface area contributed by atoms with Crippen LogP contribution in [0.3, 0.4) is 0 Å². The van der Waals surface area contributed by atoms with Crippen LogP contribution in [-0.2, 0) is 4.79 Å². The van der Waals surface area contributed by atoms with Gasteiger partial charge in [-0.05, 0) is 19.8 Å². The predicted molar refractivity (Wildman–Crippen MR) is 84.6 cm³/mol. The number of hydrogen-bond acceptors (Lipinski definition) is 6. The zero-order valence-corrected chi connectivity index (χ0v) is 13.2. The molecule has 0 aliphatic heterocycles. The third kappa shape index (κ3) is 2.95. The van der Waals surface area contributed by atoms with Crippen LogP contribution in [0.15, 0.2) is 6.33 Å². The zero-order valence-electron chi connectivity index (χ0n) is 13.2. The number of aromatic nitrogens is 4. The summed E-state index contributed by atoms with van der Waals surface area (Å²) in [6.45, 7) is 7.83. The van der Waals surface area contributed by atoms with Gasteiger partial charge in [0.15, 0.2) is 17.0 Å². The second-order valence-electron chi connectivity index (χ2n) is 5.69. The Morgan fingerprint density at radius 3 is 2.64 bits per heavy atom. The highest BCUT2D eigenvalue weighted by Crippen LogP contribution is 2.24. The van der Waals surface area contributed by atoms with Crippen LogP contribution < -0.4 is 11.1 Å². The molecule has 2 rings (SSSR count). The molecule has 2 unspecified atom stereocenters. The lowest BCUT2D eigenvalue weighted by Crippen LogP contribution is -2.35. The lowest BCUT2D eigenvalue weighted by Gasteiger charge is -2.20. The molecular weight excluding hydrogens is 284 g/mol. The van der Waals surface area contributed by atoms with Crippen LogP contribution in [0.4, 0.5) is 11.8 Å². The van der Waals surface area contributed by atoms with E-state index >= 15 is 0 Å². The molecule has 2 aromatic heterocycles. The van der Waals surface area contributed by atoms with E-state index in [2.05, 4.69) is 20.3 Å². The highest BCUT2D eigenvalue weighted by molar-refractivity contribution is 5.87. The molecule has 0 spiro atoms. The van der Waals surface area contributed by atoms with E-state index in [1.807, 2.05) is 32.3 Å². The number of carbonyl (C=O) groups is 1. The van der Waals surface area contributed by atoms with Crippen molar-refractivity contribution in [2.45, 2.75) is 46.2 Å². The van der Waals surface area contributed by atoms with Gasteiger partial charge in [-0.1, -0.05) is 20.3 Å². The molecule has 0 aromatic carbocycles. The van der Waals surface area contributed by atoms with Gasteiger partial charge >= 0.3 is 5.97 Å². The summed E-state index contributed by atoms with van der Waals surface area (Å²) in [5.41, 5.74) is 6.88. The Bertz CT molecular complexity index is 681. The molecule has 2 aromatic rings. The van der Waals surface area contributed by atoms with Gasteiger partial charge in [-0.25, -0.2) is 9.78 Å². The minimum absolute atomic E-state index is 0.0593. The number of anilines is 2. The number of carboxylic acid groups (broad SMARTS) is 1. The van der Waals surface area contributed by atoms with Gasteiger partial charge in [0.05, 0.1) is 6.33 Å². The molecule has 8 nitrogen and oxygen atoms in total. The number of nitrogens with one attached hydrogen (secondary N) is 1. The molecule has 2 heterocycles. The normalized spacial score (nSPS) is 14.2. The average Bonchev–Trinajstić information content (AvgIpc) is 2.87. The molecular formula is C14H22N6O2. The van der Waals surface area contributed by atoms with E-state index in [0.717, 1.165) is 6.42 Å². The number of imidazole rings is 1. The maximum Gasteiger partial charge on any atom is 0.326 e. The molecule has 0 saturated carbocycles. The summed E-state index contributed by atoms with van der Waals surface area (Å²) >= 11 is 0. The highest BCUT2D eigenvalue weighted by Gasteiger charge is 2.25.